The van der Waals surface area contributed by atoms with E-state index in [1.54, 1.807) is 12.1 Å². The number of pyridine rings is 1. The summed E-state index contributed by atoms with van der Waals surface area (Å²) in [5, 5.41) is 0. The van der Waals surface area contributed by atoms with Gasteiger partial charge in [0.25, 0.3) is 5.91 Å². The number of anilines is 1. The van der Waals surface area contributed by atoms with E-state index in [4.69, 9.17) is 11.5 Å². The van der Waals surface area contributed by atoms with Gasteiger partial charge in [-0.05, 0) is 25.0 Å². The van der Waals surface area contributed by atoms with E-state index in [1.165, 1.54) is 0 Å². The molecule has 1 aromatic rings. The van der Waals surface area contributed by atoms with E-state index in [2.05, 4.69) is 9.88 Å². The average Bonchev–Trinajstić information content (AvgIpc) is 2.29. The molecule has 5 nitrogen and oxygen atoms in total. The third-order valence-corrected chi connectivity index (χ3v) is 2.77. The number of primary amides is 1. The second kappa shape index (κ2) is 4.49. The Kier molecular flexibility index (Phi) is 3.05. The Morgan fingerprint density at radius 2 is 2.31 bits per heavy atom. The molecule has 1 unspecified atom stereocenters. The van der Waals surface area contributed by atoms with Gasteiger partial charge in [-0.1, -0.05) is 6.07 Å². The number of nitrogens with two attached hydrogens (primary N) is 2. The van der Waals surface area contributed by atoms with Crippen molar-refractivity contribution in [3.05, 3.63) is 23.9 Å². The summed E-state index contributed by atoms with van der Waals surface area (Å²) in [4.78, 5) is 17.3. The zero-order valence-electron chi connectivity index (χ0n) is 9.10. The lowest BCUT2D eigenvalue weighted by molar-refractivity contribution is 0.0995. The molecule has 16 heavy (non-hydrogen) atoms. The number of aromatic nitrogens is 1. The first kappa shape index (κ1) is 10.9. The Bertz CT molecular complexity index is 393. The van der Waals surface area contributed by atoms with Gasteiger partial charge in [0.1, 0.15) is 11.5 Å². The highest BCUT2D eigenvalue weighted by Crippen LogP contribution is 2.17. The molecule has 1 aliphatic heterocycles. The van der Waals surface area contributed by atoms with Crippen molar-refractivity contribution in [1.29, 1.82) is 0 Å². The van der Waals surface area contributed by atoms with Gasteiger partial charge in [-0.3, -0.25) is 4.79 Å². The highest BCUT2D eigenvalue weighted by Gasteiger charge is 2.18. The molecule has 1 atom stereocenters. The second-order valence-corrected chi connectivity index (χ2v) is 4.09. The van der Waals surface area contributed by atoms with Gasteiger partial charge in [0, 0.05) is 19.1 Å². The van der Waals surface area contributed by atoms with Crippen LogP contribution in [-0.4, -0.2) is 30.0 Å². The number of amides is 1. The summed E-state index contributed by atoms with van der Waals surface area (Å²) < 4.78 is 0. The minimum Gasteiger partial charge on any atom is -0.364 e. The monoisotopic (exact) mass is 220 g/mol. The number of piperidine rings is 1. The van der Waals surface area contributed by atoms with E-state index < -0.39 is 5.91 Å². The van der Waals surface area contributed by atoms with Crippen molar-refractivity contribution in [3.8, 4) is 0 Å². The Labute approximate surface area is 94.4 Å². The van der Waals surface area contributed by atoms with Crippen molar-refractivity contribution in [1.82, 2.24) is 4.98 Å². The Balaban J connectivity index is 2.19. The molecule has 0 aromatic carbocycles. The fraction of sp³-hybridized carbons (Fsp3) is 0.455. The molecule has 1 saturated heterocycles. The average molecular weight is 220 g/mol. The van der Waals surface area contributed by atoms with Gasteiger partial charge >= 0.3 is 0 Å². The molecule has 0 spiro atoms. The van der Waals surface area contributed by atoms with Crippen LogP contribution in [0.3, 0.4) is 0 Å². The highest BCUT2D eigenvalue weighted by molar-refractivity contribution is 5.91. The molecule has 0 saturated carbocycles. The predicted octanol–water partition coefficient (Wildman–Crippen LogP) is 0.108. The van der Waals surface area contributed by atoms with Crippen molar-refractivity contribution >= 4 is 11.7 Å². The lowest BCUT2D eigenvalue weighted by Gasteiger charge is -2.31. The van der Waals surface area contributed by atoms with Crippen molar-refractivity contribution in [2.75, 3.05) is 18.0 Å². The maximum Gasteiger partial charge on any atom is 0.267 e. The van der Waals surface area contributed by atoms with Crippen LogP contribution in [0.2, 0.25) is 0 Å². The Morgan fingerprint density at radius 1 is 1.50 bits per heavy atom. The van der Waals surface area contributed by atoms with Gasteiger partial charge < -0.3 is 16.4 Å². The number of carbonyl (C=O) groups is 1. The van der Waals surface area contributed by atoms with Gasteiger partial charge in [0.05, 0.1) is 0 Å². The first-order valence-corrected chi connectivity index (χ1v) is 5.44. The van der Waals surface area contributed by atoms with Crippen LogP contribution in [0.15, 0.2) is 18.2 Å². The predicted molar refractivity (Wildman–Crippen MR) is 62.2 cm³/mol. The molecule has 1 fully saturated rings. The molecule has 1 aromatic heterocycles. The van der Waals surface area contributed by atoms with E-state index in [0.29, 0.717) is 5.69 Å². The van der Waals surface area contributed by atoms with Crippen LogP contribution in [0, 0.1) is 0 Å². The van der Waals surface area contributed by atoms with Crippen LogP contribution in [0.25, 0.3) is 0 Å². The van der Waals surface area contributed by atoms with Crippen LogP contribution < -0.4 is 16.4 Å². The van der Waals surface area contributed by atoms with E-state index in [9.17, 15) is 4.79 Å². The number of hydrogen-bond donors (Lipinski definition) is 2. The van der Waals surface area contributed by atoms with Crippen LogP contribution in [0.1, 0.15) is 23.3 Å². The summed E-state index contributed by atoms with van der Waals surface area (Å²) in [5.74, 6) is 0.287. The van der Waals surface area contributed by atoms with Crippen molar-refractivity contribution in [2.45, 2.75) is 18.9 Å². The van der Waals surface area contributed by atoms with Gasteiger partial charge in [-0.25, -0.2) is 4.98 Å². The van der Waals surface area contributed by atoms with E-state index in [0.717, 1.165) is 31.7 Å². The topological polar surface area (TPSA) is 85.2 Å². The molecule has 1 aliphatic rings. The second-order valence-electron chi connectivity index (χ2n) is 4.09. The summed E-state index contributed by atoms with van der Waals surface area (Å²) in [6, 6.07) is 5.48. The third-order valence-electron chi connectivity index (χ3n) is 2.77. The molecule has 5 heteroatoms. The molecule has 86 valence electrons. The summed E-state index contributed by atoms with van der Waals surface area (Å²) in [5.41, 5.74) is 11.4. The lowest BCUT2D eigenvalue weighted by Crippen LogP contribution is -2.43. The summed E-state index contributed by atoms with van der Waals surface area (Å²) in [7, 11) is 0. The molecule has 2 heterocycles. The van der Waals surface area contributed by atoms with E-state index >= 15 is 0 Å². The normalized spacial score (nSPS) is 20.8. The quantitative estimate of drug-likeness (QED) is 0.740. The van der Waals surface area contributed by atoms with Crippen LogP contribution in [-0.2, 0) is 0 Å². The summed E-state index contributed by atoms with van der Waals surface area (Å²) in [6.07, 6.45) is 2.11. The standard InChI is InChI=1S/C11H16N4O/c12-8-3-2-6-15(7-8)10-5-1-4-9(14-10)11(13)16/h1,4-5,8H,2-3,6-7,12H2,(H2,13,16). The SMILES string of the molecule is NC(=O)c1cccc(N2CCCC(N)C2)n1. The molecule has 0 aliphatic carbocycles. The number of hydrogen-bond acceptors (Lipinski definition) is 4. The summed E-state index contributed by atoms with van der Waals surface area (Å²) in [6.45, 7) is 1.72. The smallest absolute Gasteiger partial charge is 0.267 e. The van der Waals surface area contributed by atoms with Gasteiger partial charge in [-0.2, -0.15) is 0 Å². The van der Waals surface area contributed by atoms with Crippen LogP contribution in [0.4, 0.5) is 5.82 Å². The minimum atomic E-state index is -0.497. The lowest BCUT2D eigenvalue weighted by atomic mass is 10.1. The fourth-order valence-electron chi connectivity index (χ4n) is 1.95. The number of rotatable bonds is 2. The zero-order valence-corrected chi connectivity index (χ0v) is 9.10. The fourth-order valence-corrected chi connectivity index (χ4v) is 1.95. The van der Waals surface area contributed by atoms with Gasteiger partial charge in [0.2, 0.25) is 0 Å². The minimum absolute atomic E-state index is 0.188. The third kappa shape index (κ3) is 2.30. The molecular weight excluding hydrogens is 204 g/mol. The van der Waals surface area contributed by atoms with E-state index in [-0.39, 0.29) is 6.04 Å². The first-order chi connectivity index (χ1) is 7.66. The summed E-state index contributed by atoms with van der Waals surface area (Å²) >= 11 is 0. The first-order valence-electron chi connectivity index (χ1n) is 5.44. The largest absolute Gasteiger partial charge is 0.364 e. The Hall–Kier alpha value is -1.62. The molecular formula is C11H16N4O. The Morgan fingerprint density at radius 3 is 3.00 bits per heavy atom. The van der Waals surface area contributed by atoms with Crippen LogP contribution in [0.5, 0.6) is 0 Å². The highest BCUT2D eigenvalue weighted by atomic mass is 16.1. The number of carbonyl (C=O) groups excluding carboxylic acids is 1. The van der Waals surface area contributed by atoms with Crippen molar-refractivity contribution in [3.63, 3.8) is 0 Å². The molecule has 0 bridgehead atoms. The molecule has 2 rings (SSSR count). The molecule has 4 N–H and O–H groups in total. The zero-order chi connectivity index (χ0) is 11.5. The van der Waals surface area contributed by atoms with Crippen molar-refractivity contribution < 1.29 is 4.79 Å². The molecule has 1 amide bonds. The van der Waals surface area contributed by atoms with Gasteiger partial charge in [0.15, 0.2) is 0 Å². The van der Waals surface area contributed by atoms with Crippen LogP contribution >= 0.6 is 0 Å². The van der Waals surface area contributed by atoms with Crippen molar-refractivity contribution in [2.24, 2.45) is 11.5 Å². The number of nitrogens with zero attached hydrogens (tertiary/aromatic N) is 2. The van der Waals surface area contributed by atoms with Gasteiger partial charge in [-0.15, -0.1) is 0 Å². The maximum absolute atomic E-state index is 11.0. The maximum atomic E-state index is 11.0. The molecule has 0 radical (unpaired) electrons. The van der Waals surface area contributed by atoms with E-state index in [1.807, 2.05) is 6.07 Å².